The first-order valence-corrected chi connectivity index (χ1v) is 5.02. The Morgan fingerprint density at radius 1 is 1.06 bits per heavy atom. The molecule has 0 fully saturated rings. The molecule has 6 nitrogen and oxygen atoms in total. The molecule has 6 heteroatoms. The van der Waals surface area contributed by atoms with Crippen molar-refractivity contribution in [3.05, 3.63) is 49.4 Å². The third-order valence-corrected chi connectivity index (χ3v) is 2.21. The normalized spacial score (nSPS) is 10.4. The number of hydrogen-bond donors (Lipinski definition) is 0. The topological polar surface area (TPSA) is 69.4 Å². The zero-order valence-corrected chi connectivity index (χ0v) is 8.80. The van der Waals surface area contributed by atoms with Gasteiger partial charge in [0.1, 0.15) is 12.7 Å². The Kier molecular flexibility index (Phi) is 2.31. The number of rotatable bonds is 2. The van der Waals surface area contributed by atoms with Gasteiger partial charge in [0, 0.05) is 30.2 Å². The van der Waals surface area contributed by atoms with Crippen molar-refractivity contribution in [3.8, 4) is 17.2 Å². The van der Waals surface area contributed by atoms with E-state index in [2.05, 4.69) is 25.0 Å². The molecule has 17 heavy (non-hydrogen) atoms. The Labute approximate surface area is 97.0 Å². The molecule has 0 amide bonds. The van der Waals surface area contributed by atoms with Crippen LogP contribution in [-0.2, 0) is 0 Å². The molecule has 0 unspecified atom stereocenters. The summed E-state index contributed by atoms with van der Waals surface area (Å²) >= 11 is 0. The van der Waals surface area contributed by atoms with Gasteiger partial charge in [0.25, 0.3) is 0 Å². The lowest BCUT2D eigenvalue weighted by molar-refractivity contribution is 0.840. The molecule has 0 atom stereocenters. The fourth-order valence-electron chi connectivity index (χ4n) is 1.44. The molecule has 0 aliphatic rings. The van der Waals surface area contributed by atoms with Gasteiger partial charge in [0.15, 0.2) is 11.6 Å². The summed E-state index contributed by atoms with van der Waals surface area (Å²) in [5.41, 5.74) is 0.870. The van der Waals surface area contributed by atoms with Crippen LogP contribution in [-0.4, -0.2) is 29.7 Å². The minimum Gasteiger partial charge on any atom is -0.264 e. The lowest BCUT2D eigenvalue weighted by Gasteiger charge is -2.02. The minimum atomic E-state index is 0.617. The van der Waals surface area contributed by atoms with Gasteiger partial charge in [-0.05, 0) is 12.1 Å². The average molecular weight is 224 g/mol. The molecule has 3 rings (SSSR count). The lowest BCUT2D eigenvalue weighted by atomic mass is 10.3. The van der Waals surface area contributed by atoms with Gasteiger partial charge < -0.3 is 0 Å². The second kappa shape index (κ2) is 4.09. The largest absolute Gasteiger partial charge is 0.264 e. The maximum atomic E-state index is 4.39. The molecule has 3 aromatic heterocycles. The zero-order valence-electron chi connectivity index (χ0n) is 8.80. The zero-order chi connectivity index (χ0) is 11.5. The van der Waals surface area contributed by atoms with E-state index < -0.39 is 0 Å². The summed E-state index contributed by atoms with van der Waals surface area (Å²) in [6.07, 6.45) is 8.18. The minimum absolute atomic E-state index is 0.617. The third-order valence-electron chi connectivity index (χ3n) is 2.21. The number of nitrogens with zero attached hydrogens (tertiary/aromatic N) is 6. The van der Waals surface area contributed by atoms with Gasteiger partial charge in [-0.3, -0.25) is 4.98 Å². The fourth-order valence-corrected chi connectivity index (χ4v) is 1.44. The highest BCUT2D eigenvalue weighted by molar-refractivity contribution is 5.53. The summed E-state index contributed by atoms with van der Waals surface area (Å²) in [4.78, 5) is 16.5. The summed E-state index contributed by atoms with van der Waals surface area (Å²) in [7, 11) is 0. The fraction of sp³-hybridized carbons (Fsp3) is 0. The monoisotopic (exact) mass is 224 g/mol. The molecule has 0 aliphatic carbocycles. The first kappa shape index (κ1) is 9.59. The van der Waals surface area contributed by atoms with Crippen molar-refractivity contribution >= 4 is 0 Å². The Balaban J connectivity index is 2.06. The molecule has 0 spiro atoms. The molecule has 82 valence electrons. The maximum absolute atomic E-state index is 4.39. The molecule has 0 N–H and O–H groups in total. The molecule has 0 saturated carbocycles. The van der Waals surface area contributed by atoms with Crippen LogP contribution in [0, 0.1) is 0 Å². The van der Waals surface area contributed by atoms with Crippen molar-refractivity contribution in [2.45, 2.75) is 0 Å². The van der Waals surface area contributed by atoms with Crippen molar-refractivity contribution in [2.24, 2.45) is 0 Å². The Morgan fingerprint density at radius 2 is 2.06 bits per heavy atom. The van der Waals surface area contributed by atoms with Crippen LogP contribution in [0.15, 0.2) is 49.4 Å². The number of pyridine rings is 1. The number of aromatic nitrogens is 6. The summed E-state index contributed by atoms with van der Waals surface area (Å²) in [5.74, 6) is 1.29. The summed E-state index contributed by atoms with van der Waals surface area (Å²) < 4.78 is 1.58. The summed E-state index contributed by atoms with van der Waals surface area (Å²) in [5, 5.41) is 4.02. The van der Waals surface area contributed by atoms with E-state index in [1.807, 2.05) is 12.1 Å². The van der Waals surface area contributed by atoms with E-state index in [0.717, 1.165) is 5.56 Å². The first-order valence-electron chi connectivity index (χ1n) is 5.02. The lowest BCUT2D eigenvalue weighted by Crippen LogP contribution is -2.00. The predicted octanol–water partition coefficient (Wildman–Crippen LogP) is 1.12. The third kappa shape index (κ3) is 1.87. The maximum Gasteiger partial charge on any atom is 0.163 e. The Morgan fingerprint density at radius 3 is 2.82 bits per heavy atom. The van der Waals surface area contributed by atoms with Crippen LogP contribution < -0.4 is 0 Å². The van der Waals surface area contributed by atoms with E-state index in [1.54, 1.807) is 35.7 Å². The van der Waals surface area contributed by atoms with Gasteiger partial charge >= 0.3 is 0 Å². The molecule has 3 heterocycles. The average Bonchev–Trinajstić information content (AvgIpc) is 2.94. The SMILES string of the molecule is c1cncc(-c2nccc(-n3cncn3)n2)c1. The van der Waals surface area contributed by atoms with E-state index in [-0.39, 0.29) is 0 Å². The molecular formula is C11H8N6. The quantitative estimate of drug-likeness (QED) is 0.652. The predicted molar refractivity (Wildman–Crippen MR) is 60.2 cm³/mol. The van der Waals surface area contributed by atoms with Gasteiger partial charge in [-0.1, -0.05) is 0 Å². The van der Waals surface area contributed by atoms with E-state index in [4.69, 9.17) is 0 Å². The van der Waals surface area contributed by atoms with Gasteiger partial charge in [0.05, 0.1) is 0 Å². The van der Waals surface area contributed by atoms with Crippen LogP contribution in [0.4, 0.5) is 0 Å². The summed E-state index contributed by atoms with van der Waals surface area (Å²) in [6, 6.07) is 5.53. The van der Waals surface area contributed by atoms with Crippen LogP contribution in [0.5, 0.6) is 0 Å². The van der Waals surface area contributed by atoms with E-state index in [9.17, 15) is 0 Å². The molecule has 0 saturated heterocycles. The van der Waals surface area contributed by atoms with Crippen molar-refractivity contribution in [3.63, 3.8) is 0 Å². The van der Waals surface area contributed by atoms with Crippen molar-refractivity contribution in [1.29, 1.82) is 0 Å². The molecule has 0 aliphatic heterocycles. The van der Waals surface area contributed by atoms with E-state index in [0.29, 0.717) is 11.6 Å². The second-order valence-electron chi connectivity index (χ2n) is 3.32. The van der Waals surface area contributed by atoms with Crippen LogP contribution in [0.2, 0.25) is 0 Å². The van der Waals surface area contributed by atoms with Gasteiger partial charge in [-0.25, -0.2) is 19.6 Å². The van der Waals surface area contributed by atoms with E-state index in [1.165, 1.54) is 6.33 Å². The standard InChI is InChI=1S/C11H8N6/c1-2-9(6-12-4-1)11-14-5-3-10(16-11)17-8-13-7-15-17/h1-8H. The van der Waals surface area contributed by atoms with Crippen LogP contribution in [0.25, 0.3) is 17.2 Å². The number of hydrogen-bond acceptors (Lipinski definition) is 5. The highest BCUT2D eigenvalue weighted by Crippen LogP contribution is 2.13. The molecule has 0 aromatic carbocycles. The molecule has 0 bridgehead atoms. The Bertz CT molecular complexity index is 605. The van der Waals surface area contributed by atoms with Crippen LogP contribution in [0.3, 0.4) is 0 Å². The van der Waals surface area contributed by atoms with Crippen molar-refractivity contribution < 1.29 is 0 Å². The summed E-state index contributed by atoms with van der Waals surface area (Å²) in [6.45, 7) is 0. The van der Waals surface area contributed by atoms with Gasteiger partial charge in [-0.15, -0.1) is 0 Å². The second-order valence-corrected chi connectivity index (χ2v) is 3.32. The molecular weight excluding hydrogens is 216 g/mol. The Hall–Kier alpha value is -2.63. The van der Waals surface area contributed by atoms with Gasteiger partial charge in [-0.2, -0.15) is 5.10 Å². The van der Waals surface area contributed by atoms with Gasteiger partial charge in [0.2, 0.25) is 0 Å². The first-order chi connectivity index (χ1) is 8.43. The van der Waals surface area contributed by atoms with Crippen LogP contribution >= 0.6 is 0 Å². The highest BCUT2D eigenvalue weighted by atomic mass is 15.3. The molecule has 3 aromatic rings. The van der Waals surface area contributed by atoms with E-state index >= 15 is 0 Å². The van der Waals surface area contributed by atoms with Crippen LogP contribution in [0.1, 0.15) is 0 Å². The smallest absolute Gasteiger partial charge is 0.163 e. The highest BCUT2D eigenvalue weighted by Gasteiger charge is 2.03. The van der Waals surface area contributed by atoms with Crippen molar-refractivity contribution in [1.82, 2.24) is 29.7 Å². The van der Waals surface area contributed by atoms with Crippen molar-refractivity contribution in [2.75, 3.05) is 0 Å². The molecule has 0 radical (unpaired) electrons.